The molecule has 8 nitrogen and oxygen atoms in total. The van der Waals surface area contributed by atoms with Gasteiger partial charge in [-0.05, 0) is 19.3 Å². The van der Waals surface area contributed by atoms with E-state index in [2.05, 4.69) is 19.2 Å². The third-order valence-corrected chi connectivity index (χ3v) is 15.7. The summed E-state index contributed by atoms with van der Waals surface area (Å²) in [4.78, 5) is 23.3. The molecule has 3 N–H and O–H groups in total. The zero-order valence-electron chi connectivity index (χ0n) is 48.5. The molecule has 3 unspecified atom stereocenters. The largest absolute Gasteiger partial charge is 0.472 e. The van der Waals surface area contributed by atoms with Crippen molar-refractivity contribution in [1.29, 1.82) is 0 Å². The van der Waals surface area contributed by atoms with Crippen LogP contribution in [0.5, 0.6) is 0 Å². The molecular weight excluding hydrogens is 900 g/mol. The van der Waals surface area contributed by atoms with Crippen LogP contribution < -0.4 is 5.32 Å². The first kappa shape index (κ1) is 70.2. The van der Waals surface area contributed by atoms with E-state index < -0.39 is 20.0 Å². The first-order chi connectivity index (χ1) is 34.5. The molecule has 3 atom stereocenters. The molecule has 0 aromatic heterocycles. The number of aliphatic hydroxyl groups excluding tert-OH is 1. The van der Waals surface area contributed by atoms with Gasteiger partial charge in [0.25, 0.3) is 0 Å². The molecule has 0 heterocycles. The molecule has 0 bridgehead atoms. The van der Waals surface area contributed by atoms with Gasteiger partial charge in [-0.3, -0.25) is 13.8 Å². The molecule has 1 amide bonds. The number of hydrogen-bond donors (Lipinski definition) is 3. The van der Waals surface area contributed by atoms with Gasteiger partial charge in [0.15, 0.2) is 0 Å². The number of aliphatic hydroxyl groups is 1. The minimum atomic E-state index is -4.34. The molecule has 0 spiro atoms. The van der Waals surface area contributed by atoms with Gasteiger partial charge in [0, 0.05) is 6.42 Å². The number of amides is 1. The van der Waals surface area contributed by atoms with Gasteiger partial charge in [0.05, 0.1) is 39.9 Å². The summed E-state index contributed by atoms with van der Waals surface area (Å²) in [7, 11) is 1.59. The van der Waals surface area contributed by atoms with Gasteiger partial charge in [-0.25, -0.2) is 4.57 Å². The van der Waals surface area contributed by atoms with Crippen LogP contribution in [-0.2, 0) is 18.4 Å². The Hall–Kier alpha value is -0.760. The average Bonchev–Trinajstić information content (AvgIpc) is 3.33. The molecule has 0 fully saturated rings. The van der Waals surface area contributed by atoms with Crippen LogP contribution in [0.4, 0.5) is 0 Å². The van der Waals surface area contributed by atoms with Crippen LogP contribution in [0.25, 0.3) is 0 Å². The van der Waals surface area contributed by atoms with E-state index in [0.29, 0.717) is 17.4 Å². The third-order valence-electron chi connectivity index (χ3n) is 14.8. The molecule has 0 rings (SSSR count). The second-order valence-corrected chi connectivity index (χ2v) is 24.6. The third kappa shape index (κ3) is 56.8. The Morgan fingerprint density at radius 1 is 0.465 bits per heavy atom. The number of carbonyl (C=O) groups is 1. The maximum Gasteiger partial charge on any atom is 0.472 e. The highest BCUT2D eigenvalue weighted by Crippen LogP contribution is 2.43. The van der Waals surface area contributed by atoms with E-state index in [1.165, 1.54) is 276 Å². The lowest BCUT2D eigenvalue weighted by molar-refractivity contribution is -0.870. The molecule has 0 radical (unpaired) electrons. The van der Waals surface area contributed by atoms with Crippen molar-refractivity contribution < 1.29 is 32.9 Å². The van der Waals surface area contributed by atoms with E-state index in [-0.39, 0.29) is 19.1 Å². The fourth-order valence-corrected chi connectivity index (χ4v) is 10.5. The molecule has 9 heteroatoms. The number of phosphoric acid groups is 1. The van der Waals surface area contributed by atoms with Crippen molar-refractivity contribution in [2.24, 2.45) is 0 Å². The second-order valence-electron chi connectivity index (χ2n) is 23.2. The summed E-state index contributed by atoms with van der Waals surface area (Å²) in [6, 6.07) is -0.842. The summed E-state index contributed by atoms with van der Waals surface area (Å²) in [5, 5.41) is 14.0. The Labute approximate surface area is 443 Å². The monoisotopic (exact) mass is 1030 g/mol. The molecule has 0 aromatic rings. The number of quaternary nitrogens is 1. The highest BCUT2D eigenvalue weighted by molar-refractivity contribution is 7.47. The second kappa shape index (κ2) is 54.0. The van der Waals surface area contributed by atoms with Gasteiger partial charge in [-0.15, -0.1) is 0 Å². The number of allylic oxidation sites excluding steroid dienone is 1. The van der Waals surface area contributed by atoms with E-state index in [1.807, 2.05) is 27.2 Å². The summed E-state index contributed by atoms with van der Waals surface area (Å²) in [6.07, 6.45) is 67.6. The minimum absolute atomic E-state index is 0.0653. The van der Waals surface area contributed by atoms with Crippen LogP contribution in [0.15, 0.2) is 12.2 Å². The lowest BCUT2D eigenvalue weighted by Crippen LogP contribution is -2.45. The molecule has 0 saturated heterocycles. The number of rotatable bonds is 59. The number of phosphoric ester groups is 1. The minimum Gasteiger partial charge on any atom is -0.387 e. The Bertz CT molecular complexity index is 1160. The maximum atomic E-state index is 13.0. The number of nitrogens with one attached hydrogen (secondary N) is 1. The van der Waals surface area contributed by atoms with E-state index in [0.717, 1.165) is 32.1 Å². The summed E-state index contributed by atoms with van der Waals surface area (Å²) in [5.74, 6) is -0.168. The smallest absolute Gasteiger partial charge is 0.387 e. The van der Waals surface area contributed by atoms with Crippen molar-refractivity contribution in [3.63, 3.8) is 0 Å². The summed E-state index contributed by atoms with van der Waals surface area (Å²) < 4.78 is 23.8. The van der Waals surface area contributed by atoms with E-state index in [9.17, 15) is 19.4 Å². The van der Waals surface area contributed by atoms with Crippen molar-refractivity contribution in [2.45, 2.75) is 341 Å². The normalized spacial score (nSPS) is 13.8. The number of hydrogen-bond acceptors (Lipinski definition) is 5. The zero-order valence-corrected chi connectivity index (χ0v) is 49.4. The van der Waals surface area contributed by atoms with Crippen LogP contribution >= 0.6 is 7.82 Å². The zero-order chi connectivity index (χ0) is 52.0. The first-order valence-electron chi connectivity index (χ1n) is 31.6. The van der Waals surface area contributed by atoms with Gasteiger partial charge in [0.1, 0.15) is 13.2 Å². The average molecular weight is 1030 g/mol. The van der Waals surface area contributed by atoms with Gasteiger partial charge in [-0.1, -0.05) is 315 Å². The van der Waals surface area contributed by atoms with E-state index in [4.69, 9.17) is 9.05 Å². The van der Waals surface area contributed by atoms with Crippen LogP contribution in [0, 0.1) is 0 Å². The predicted molar refractivity (Wildman–Crippen MR) is 309 cm³/mol. The fourth-order valence-electron chi connectivity index (χ4n) is 9.81. The van der Waals surface area contributed by atoms with Gasteiger partial charge in [0.2, 0.25) is 5.91 Å². The lowest BCUT2D eigenvalue weighted by atomic mass is 10.0. The van der Waals surface area contributed by atoms with Crippen LogP contribution in [-0.4, -0.2) is 73.4 Å². The van der Waals surface area contributed by atoms with Crippen molar-refractivity contribution in [1.82, 2.24) is 5.32 Å². The van der Waals surface area contributed by atoms with Crippen molar-refractivity contribution in [2.75, 3.05) is 40.9 Å². The number of nitrogens with zero attached hydrogens (tertiary/aromatic N) is 1. The van der Waals surface area contributed by atoms with E-state index >= 15 is 0 Å². The molecule has 0 aliphatic rings. The number of carbonyl (C=O) groups excluding carboxylic acids is 1. The highest BCUT2D eigenvalue weighted by Gasteiger charge is 2.28. The SMILES string of the molecule is CCCCCCCCCCCCCCCCCCC/C=C/C(O)C(COP(=O)(O)OCC[N+](C)(C)C)NC(=O)CCCCCCCCCCCCCCCCCCCCCCCCCCCCCCCC. The Kier molecular flexibility index (Phi) is 53.5. The summed E-state index contributed by atoms with van der Waals surface area (Å²) in [5.41, 5.74) is 0. The maximum absolute atomic E-state index is 13.0. The molecular formula is C62H126N2O6P+. The first-order valence-corrected chi connectivity index (χ1v) is 33.1. The highest BCUT2D eigenvalue weighted by atomic mass is 31.2. The lowest BCUT2D eigenvalue weighted by Gasteiger charge is -2.25. The summed E-state index contributed by atoms with van der Waals surface area (Å²) >= 11 is 0. The van der Waals surface area contributed by atoms with Crippen molar-refractivity contribution in [3.05, 3.63) is 12.2 Å². The van der Waals surface area contributed by atoms with Gasteiger partial charge < -0.3 is 19.8 Å². The number of likely N-dealkylation sites (N-methyl/N-ethyl adjacent to an activating group) is 1. The standard InChI is InChI=1S/C62H125N2O6P/c1-6-8-10-12-14-16-18-20-22-24-26-27-28-29-30-31-32-33-34-35-36-38-40-42-44-46-48-50-52-54-56-62(66)63-60(59-70-71(67,68)69-58-57-64(3,4)5)61(65)55-53-51-49-47-45-43-41-39-37-25-23-21-19-17-15-13-11-9-7-2/h53,55,60-61,65H,6-52,54,56-59H2,1-5H3,(H-,63,66,67,68)/p+1/b55-53+. The predicted octanol–water partition coefficient (Wildman–Crippen LogP) is 19.4. The van der Waals surface area contributed by atoms with Gasteiger partial charge >= 0.3 is 7.82 Å². The van der Waals surface area contributed by atoms with Crippen molar-refractivity contribution >= 4 is 13.7 Å². The van der Waals surface area contributed by atoms with Crippen LogP contribution in [0.3, 0.4) is 0 Å². The Morgan fingerprint density at radius 3 is 1.04 bits per heavy atom. The molecule has 0 saturated carbocycles. The van der Waals surface area contributed by atoms with Crippen molar-refractivity contribution in [3.8, 4) is 0 Å². The quantitative estimate of drug-likeness (QED) is 0.0243. The number of unbranched alkanes of at least 4 members (excludes halogenated alkanes) is 46. The summed E-state index contributed by atoms with van der Waals surface area (Å²) in [6.45, 7) is 4.88. The van der Waals surface area contributed by atoms with Crippen LogP contribution in [0.2, 0.25) is 0 Å². The Morgan fingerprint density at radius 2 is 0.746 bits per heavy atom. The fraction of sp³-hybridized carbons (Fsp3) is 0.952. The van der Waals surface area contributed by atoms with E-state index in [1.54, 1.807) is 6.08 Å². The molecule has 424 valence electrons. The van der Waals surface area contributed by atoms with Gasteiger partial charge in [-0.2, -0.15) is 0 Å². The van der Waals surface area contributed by atoms with Crippen LogP contribution in [0.1, 0.15) is 328 Å². The molecule has 0 aliphatic carbocycles. The Balaban J connectivity index is 4.05. The topological polar surface area (TPSA) is 105 Å². The molecule has 0 aliphatic heterocycles. The molecule has 0 aromatic carbocycles. The molecule has 71 heavy (non-hydrogen) atoms.